The zero-order chi connectivity index (χ0) is 12.9. The van der Waals surface area contributed by atoms with Crippen LogP contribution in [-0.2, 0) is 6.54 Å². The zero-order valence-corrected chi connectivity index (χ0v) is 8.95. The molecule has 0 saturated heterocycles. The zero-order valence-electron chi connectivity index (χ0n) is 8.95. The first kappa shape index (κ1) is 13.9. The van der Waals surface area contributed by atoms with Gasteiger partial charge in [-0.3, -0.25) is 0 Å². The van der Waals surface area contributed by atoms with Crippen molar-refractivity contribution < 1.29 is 22.0 Å². The summed E-state index contributed by atoms with van der Waals surface area (Å²) >= 11 is 0. The minimum absolute atomic E-state index is 0.0632. The minimum Gasteiger partial charge on any atom is -0.313 e. The predicted octanol–water partition coefficient (Wildman–Crippen LogP) is 3.40. The van der Waals surface area contributed by atoms with Crippen molar-refractivity contribution in [2.24, 2.45) is 0 Å². The Morgan fingerprint density at radius 3 is 2.41 bits per heavy atom. The van der Waals surface area contributed by atoms with Crippen molar-refractivity contribution in [2.75, 3.05) is 6.54 Å². The lowest BCUT2D eigenvalue weighted by Gasteiger charge is -2.08. The fraction of sp³-hybridized carbons (Fsp3) is 0.455. The highest BCUT2D eigenvalue weighted by Gasteiger charge is 2.25. The molecule has 1 aromatic rings. The van der Waals surface area contributed by atoms with Crippen LogP contribution in [0.3, 0.4) is 0 Å². The van der Waals surface area contributed by atoms with Gasteiger partial charge in [-0.25, -0.2) is 8.78 Å². The summed E-state index contributed by atoms with van der Waals surface area (Å²) in [5.41, 5.74) is 0.235. The number of hydrogen-bond acceptors (Lipinski definition) is 1. The quantitative estimate of drug-likeness (QED) is 0.626. The van der Waals surface area contributed by atoms with Crippen LogP contribution < -0.4 is 5.32 Å². The lowest BCUT2D eigenvalue weighted by Crippen LogP contribution is -2.18. The van der Waals surface area contributed by atoms with Crippen LogP contribution in [0.5, 0.6) is 0 Å². The smallest absolute Gasteiger partial charge is 0.313 e. The van der Waals surface area contributed by atoms with E-state index < -0.39 is 24.2 Å². The van der Waals surface area contributed by atoms with Gasteiger partial charge in [0.1, 0.15) is 11.6 Å². The number of hydrogen-bond donors (Lipinski definition) is 1. The fourth-order valence-corrected chi connectivity index (χ4v) is 1.30. The van der Waals surface area contributed by atoms with E-state index >= 15 is 0 Å². The summed E-state index contributed by atoms with van der Waals surface area (Å²) in [6.07, 6.45) is -5.10. The molecule has 0 spiro atoms. The molecule has 1 nitrogen and oxygen atoms in total. The van der Waals surface area contributed by atoms with E-state index in [1.165, 1.54) is 6.07 Å². The fourth-order valence-electron chi connectivity index (χ4n) is 1.30. The third kappa shape index (κ3) is 5.63. The van der Waals surface area contributed by atoms with E-state index in [4.69, 9.17) is 0 Å². The molecule has 0 aliphatic heterocycles. The Bertz CT molecular complexity index is 361. The van der Waals surface area contributed by atoms with Crippen LogP contribution in [-0.4, -0.2) is 12.7 Å². The Labute approximate surface area is 95.6 Å². The predicted molar refractivity (Wildman–Crippen MR) is 53.4 cm³/mol. The molecule has 0 amide bonds. The Balaban J connectivity index is 2.27. The number of benzene rings is 1. The second-order valence-corrected chi connectivity index (χ2v) is 3.63. The Morgan fingerprint density at radius 1 is 1.12 bits per heavy atom. The van der Waals surface area contributed by atoms with E-state index in [0.29, 0.717) is 0 Å². The molecule has 0 bridgehead atoms. The number of halogens is 5. The van der Waals surface area contributed by atoms with E-state index in [9.17, 15) is 22.0 Å². The lowest BCUT2D eigenvalue weighted by atomic mass is 10.2. The normalized spacial score (nSPS) is 11.8. The van der Waals surface area contributed by atoms with Crippen molar-refractivity contribution >= 4 is 0 Å². The molecule has 17 heavy (non-hydrogen) atoms. The van der Waals surface area contributed by atoms with Crippen LogP contribution in [0, 0.1) is 11.6 Å². The monoisotopic (exact) mass is 253 g/mol. The maximum absolute atomic E-state index is 13.1. The topological polar surface area (TPSA) is 12.0 Å². The summed E-state index contributed by atoms with van der Waals surface area (Å²) < 4.78 is 61.0. The SMILES string of the molecule is Fc1ccc(CNCCCC(F)(F)F)c(F)c1. The van der Waals surface area contributed by atoms with Crippen molar-refractivity contribution in [1.82, 2.24) is 5.32 Å². The average molecular weight is 253 g/mol. The highest BCUT2D eigenvalue weighted by Crippen LogP contribution is 2.20. The summed E-state index contributed by atoms with van der Waals surface area (Å²) in [7, 11) is 0. The summed E-state index contributed by atoms with van der Waals surface area (Å²) in [5.74, 6) is -1.38. The number of nitrogens with one attached hydrogen (secondary N) is 1. The summed E-state index contributed by atoms with van der Waals surface area (Å²) in [6, 6.07) is 3.12. The maximum Gasteiger partial charge on any atom is 0.389 e. The molecule has 0 radical (unpaired) electrons. The van der Waals surface area contributed by atoms with Gasteiger partial charge in [-0.2, -0.15) is 13.2 Å². The van der Waals surface area contributed by atoms with Crippen molar-refractivity contribution in [3.63, 3.8) is 0 Å². The molecule has 0 aliphatic rings. The first-order valence-corrected chi connectivity index (χ1v) is 5.10. The van der Waals surface area contributed by atoms with Gasteiger partial charge >= 0.3 is 6.18 Å². The third-order valence-corrected chi connectivity index (χ3v) is 2.14. The Hall–Kier alpha value is -1.17. The first-order valence-electron chi connectivity index (χ1n) is 5.10. The molecule has 1 N–H and O–H groups in total. The van der Waals surface area contributed by atoms with Crippen molar-refractivity contribution in [2.45, 2.75) is 25.6 Å². The molecular weight excluding hydrogens is 241 g/mol. The molecule has 0 aliphatic carbocycles. The molecule has 1 rings (SSSR count). The molecule has 0 saturated carbocycles. The van der Waals surface area contributed by atoms with Gasteiger partial charge in [-0.15, -0.1) is 0 Å². The summed E-state index contributed by atoms with van der Waals surface area (Å²) in [6.45, 7) is 0.223. The molecule has 0 fully saturated rings. The van der Waals surface area contributed by atoms with E-state index in [1.54, 1.807) is 0 Å². The van der Waals surface area contributed by atoms with E-state index in [0.717, 1.165) is 12.1 Å². The van der Waals surface area contributed by atoms with Gasteiger partial charge in [0.05, 0.1) is 0 Å². The van der Waals surface area contributed by atoms with Gasteiger partial charge in [0.15, 0.2) is 0 Å². The molecular formula is C11H12F5N. The van der Waals surface area contributed by atoms with E-state index in [1.807, 2.05) is 0 Å². The molecule has 1 aromatic carbocycles. The third-order valence-electron chi connectivity index (χ3n) is 2.14. The largest absolute Gasteiger partial charge is 0.389 e. The average Bonchev–Trinajstić information content (AvgIpc) is 2.18. The van der Waals surface area contributed by atoms with E-state index in [2.05, 4.69) is 5.32 Å². The van der Waals surface area contributed by atoms with Crippen LogP contribution in [0.15, 0.2) is 18.2 Å². The molecule has 0 atom stereocenters. The Morgan fingerprint density at radius 2 is 1.82 bits per heavy atom. The van der Waals surface area contributed by atoms with Gasteiger partial charge < -0.3 is 5.32 Å². The second-order valence-electron chi connectivity index (χ2n) is 3.63. The minimum atomic E-state index is -4.16. The van der Waals surface area contributed by atoms with Crippen molar-refractivity contribution in [1.29, 1.82) is 0 Å². The highest BCUT2D eigenvalue weighted by atomic mass is 19.4. The maximum atomic E-state index is 13.1. The Kier molecular flexibility index (Phi) is 4.86. The first-order chi connectivity index (χ1) is 7.88. The van der Waals surface area contributed by atoms with Gasteiger partial charge in [-0.05, 0) is 19.0 Å². The van der Waals surface area contributed by atoms with Crippen LogP contribution >= 0.6 is 0 Å². The number of alkyl halides is 3. The van der Waals surface area contributed by atoms with Gasteiger partial charge in [0, 0.05) is 24.6 Å². The van der Waals surface area contributed by atoms with Gasteiger partial charge in [0.25, 0.3) is 0 Å². The standard InChI is InChI=1S/C11H12F5N/c12-9-3-2-8(10(13)6-9)7-17-5-1-4-11(14,15)16/h2-3,6,17H,1,4-5,7H2. The number of rotatable bonds is 5. The van der Waals surface area contributed by atoms with Crippen LogP contribution in [0.2, 0.25) is 0 Å². The van der Waals surface area contributed by atoms with Crippen molar-refractivity contribution in [3.8, 4) is 0 Å². The lowest BCUT2D eigenvalue weighted by molar-refractivity contribution is -0.135. The van der Waals surface area contributed by atoms with E-state index in [-0.39, 0.29) is 25.1 Å². The molecule has 0 heterocycles. The molecule has 6 heteroatoms. The molecule has 0 aromatic heterocycles. The molecule has 96 valence electrons. The van der Waals surface area contributed by atoms with Crippen LogP contribution in [0.1, 0.15) is 18.4 Å². The highest BCUT2D eigenvalue weighted by molar-refractivity contribution is 5.18. The van der Waals surface area contributed by atoms with Crippen LogP contribution in [0.25, 0.3) is 0 Å². The van der Waals surface area contributed by atoms with Gasteiger partial charge in [0.2, 0.25) is 0 Å². The van der Waals surface area contributed by atoms with Crippen molar-refractivity contribution in [3.05, 3.63) is 35.4 Å². The van der Waals surface area contributed by atoms with Gasteiger partial charge in [-0.1, -0.05) is 6.07 Å². The summed E-state index contributed by atoms with van der Waals surface area (Å²) in [4.78, 5) is 0. The summed E-state index contributed by atoms with van der Waals surface area (Å²) in [5, 5.41) is 2.67. The molecule has 0 unspecified atom stereocenters. The second kappa shape index (κ2) is 5.95. The van der Waals surface area contributed by atoms with Crippen LogP contribution in [0.4, 0.5) is 22.0 Å².